The lowest BCUT2D eigenvalue weighted by molar-refractivity contribution is -0.384. The number of carbonyl (C=O) groups is 1. The van der Waals surface area contributed by atoms with Gasteiger partial charge in [-0.25, -0.2) is 0 Å². The molecule has 0 saturated heterocycles. The van der Waals surface area contributed by atoms with Crippen molar-refractivity contribution in [2.75, 3.05) is 5.32 Å². The summed E-state index contributed by atoms with van der Waals surface area (Å²) in [5.74, 6) is 0.126. The Labute approximate surface area is 173 Å². The largest absolute Gasteiger partial charge is 0.457 e. The summed E-state index contributed by atoms with van der Waals surface area (Å²) in [6.45, 7) is 0. The molecule has 1 heterocycles. The summed E-state index contributed by atoms with van der Waals surface area (Å²) in [4.78, 5) is 22.8. The average Bonchev–Trinajstić information content (AvgIpc) is 3.16. The Morgan fingerprint density at radius 3 is 2.68 bits per heavy atom. The highest BCUT2D eigenvalue weighted by Gasteiger charge is 2.13. The summed E-state index contributed by atoms with van der Waals surface area (Å²) < 4.78 is 6.47. The molecule has 28 heavy (non-hydrogen) atoms. The molecule has 0 spiro atoms. The van der Waals surface area contributed by atoms with E-state index >= 15 is 0 Å². The monoisotopic (exact) mass is 485 g/mol. The molecule has 0 unspecified atom stereocenters. The molecule has 2 aromatic carbocycles. The zero-order valence-corrected chi connectivity index (χ0v) is 16.4. The van der Waals surface area contributed by atoms with E-state index in [0.29, 0.717) is 17.0 Å². The van der Waals surface area contributed by atoms with Crippen LogP contribution >= 0.6 is 22.6 Å². The lowest BCUT2D eigenvalue weighted by atomic mass is 10.1. The van der Waals surface area contributed by atoms with E-state index in [2.05, 4.69) is 27.9 Å². The predicted octanol–water partition coefficient (Wildman–Crippen LogP) is 5.01. The van der Waals surface area contributed by atoms with Gasteiger partial charge in [-0.1, -0.05) is 24.3 Å². The Hall–Kier alpha value is -3.45. The Morgan fingerprint density at radius 2 is 1.96 bits per heavy atom. The highest BCUT2D eigenvalue weighted by atomic mass is 127. The summed E-state index contributed by atoms with van der Waals surface area (Å²) in [6, 6.07) is 18.3. The van der Waals surface area contributed by atoms with Crippen LogP contribution < -0.4 is 5.32 Å². The lowest BCUT2D eigenvalue weighted by Crippen LogP contribution is -2.14. The van der Waals surface area contributed by atoms with E-state index in [1.54, 1.807) is 36.4 Å². The topological polar surface area (TPSA) is 109 Å². The van der Waals surface area contributed by atoms with Crippen molar-refractivity contribution in [2.24, 2.45) is 0 Å². The van der Waals surface area contributed by atoms with Gasteiger partial charge in [0.15, 0.2) is 0 Å². The molecule has 3 rings (SSSR count). The van der Waals surface area contributed by atoms with Gasteiger partial charge in [0.2, 0.25) is 0 Å². The first-order valence-corrected chi connectivity index (χ1v) is 9.08. The number of hydrogen-bond acceptors (Lipinski definition) is 5. The van der Waals surface area contributed by atoms with Gasteiger partial charge < -0.3 is 9.73 Å². The maximum atomic E-state index is 12.4. The molecule has 0 aliphatic heterocycles. The average molecular weight is 485 g/mol. The van der Waals surface area contributed by atoms with Gasteiger partial charge in [0.05, 0.1) is 10.6 Å². The fourth-order valence-corrected chi connectivity index (χ4v) is 2.92. The number of amides is 1. The van der Waals surface area contributed by atoms with E-state index in [-0.39, 0.29) is 17.0 Å². The molecule has 7 nitrogen and oxygen atoms in total. The third-order valence-electron chi connectivity index (χ3n) is 3.74. The summed E-state index contributed by atoms with van der Waals surface area (Å²) >= 11 is 2.09. The molecule has 8 heteroatoms. The molecule has 3 aromatic rings. The molecule has 0 aliphatic carbocycles. The van der Waals surface area contributed by atoms with E-state index in [1.165, 1.54) is 18.2 Å². The zero-order valence-electron chi connectivity index (χ0n) is 14.3. The number of nitrogens with zero attached hydrogens (tertiary/aromatic N) is 2. The van der Waals surface area contributed by atoms with Crippen molar-refractivity contribution in [2.45, 2.75) is 0 Å². The maximum Gasteiger partial charge on any atom is 0.270 e. The first-order valence-electron chi connectivity index (χ1n) is 8.00. The molecular weight excluding hydrogens is 473 g/mol. The van der Waals surface area contributed by atoms with Crippen LogP contribution in [0.25, 0.3) is 17.4 Å². The molecule has 1 amide bonds. The molecule has 138 valence electrons. The van der Waals surface area contributed by atoms with Crippen LogP contribution in [0.5, 0.6) is 0 Å². The second-order valence-electron chi connectivity index (χ2n) is 5.61. The second-order valence-corrected chi connectivity index (χ2v) is 6.78. The van der Waals surface area contributed by atoms with E-state index in [1.807, 2.05) is 18.2 Å². The molecule has 0 radical (unpaired) electrons. The molecule has 0 atom stereocenters. The van der Waals surface area contributed by atoms with Gasteiger partial charge in [-0.3, -0.25) is 14.9 Å². The van der Waals surface area contributed by atoms with Crippen LogP contribution in [0.15, 0.2) is 70.7 Å². The predicted molar refractivity (Wildman–Crippen MR) is 112 cm³/mol. The number of nitrogens with one attached hydrogen (secondary N) is 1. The minimum Gasteiger partial charge on any atom is -0.457 e. The van der Waals surface area contributed by atoms with Gasteiger partial charge in [0.1, 0.15) is 23.2 Å². The SMILES string of the molecule is N#C/C(=C/c1ccc(-c2cccc([N+](=O)[O-])c2)o1)C(=O)Nc1ccccc1I. The number of furan rings is 1. The summed E-state index contributed by atoms with van der Waals surface area (Å²) in [5, 5.41) is 22.9. The number of para-hydroxylation sites is 1. The Bertz CT molecular complexity index is 1130. The van der Waals surface area contributed by atoms with Gasteiger partial charge in [0, 0.05) is 27.3 Å². The minimum absolute atomic E-state index is 0.0550. The van der Waals surface area contributed by atoms with E-state index < -0.39 is 10.8 Å². The molecule has 0 fully saturated rings. The van der Waals surface area contributed by atoms with Crippen LogP contribution in [0.4, 0.5) is 11.4 Å². The summed E-state index contributed by atoms with van der Waals surface area (Å²) in [6.07, 6.45) is 1.33. The van der Waals surface area contributed by atoms with Crippen LogP contribution in [0, 0.1) is 25.0 Å². The standard InChI is InChI=1S/C20H12IN3O4/c21-17-6-1-2-7-18(17)23-20(25)14(12-22)11-16-8-9-19(28-16)13-4-3-5-15(10-13)24(26)27/h1-11H,(H,23,25)/b14-11-. The fourth-order valence-electron chi connectivity index (χ4n) is 2.40. The highest BCUT2D eigenvalue weighted by molar-refractivity contribution is 14.1. The number of rotatable bonds is 5. The zero-order chi connectivity index (χ0) is 20.1. The number of carbonyl (C=O) groups excluding carboxylic acids is 1. The maximum absolute atomic E-state index is 12.4. The smallest absolute Gasteiger partial charge is 0.270 e. The van der Waals surface area contributed by atoms with E-state index in [9.17, 15) is 20.2 Å². The number of halogens is 1. The van der Waals surface area contributed by atoms with Crippen LogP contribution in [-0.4, -0.2) is 10.8 Å². The van der Waals surface area contributed by atoms with Gasteiger partial charge in [-0.15, -0.1) is 0 Å². The summed E-state index contributed by atoms with van der Waals surface area (Å²) in [7, 11) is 0. The van der Waals surface area contributed by atoms with Crippen LogP contribution in [0.3, 0.4) is 0 Å². The van der Waals surface area contributed by atoms with Crippen molar-refractivity contribution < 1.29 is 14.1 Å². The molecular formula is C20H12IN3O4. The fraction of sp³-hybridized carbons (Fsp3) is 0. The Balaban J connectivity index is 1.83. The molecule has 0 bridgehead atoms. The Morgan fingerprint density at radius 1 is 1.18 bits per heavy atom. The number of hydrogen-bond donors (Lipinski definition) is 1. The quantitative estimate of drug-likeness (QED) is 0.180. The van der Waals surface area contributed by atoms with Crippen LogP contribution in [0.2, 0.25) is 0 Å². The van der Waals surface area contributed by atoms with Gasteiger partial charge >= 0.3 is 0 Å². The van der Waals surface area contributed by atoms with Gasteiger partial charge in [0.25, 0.3) is 11.6 Å². The second kappa shape index (κ2) is 8.49. The van der Waals surface area contributed by atoms with Gasteiger partial charge in [-0.05, 0) is 46.9 Å². The van der Waals surface area contributed by atoms with Crippen molar-refractivity contribution in [3.05, 3.63) is 85.7 Å². The van der Waals surface area contributed by atoms with Crippen molar-refractivity contribution in [1.82, 2.24) is 0 Å². The number of nitro groups is 1. The first-order chi connectivity index (χ1) is 13.5. The number of anilines is 1. The first kappa shape index (κ1) is 19.3. The summed E-state index contributed by atoms with van der Waals surface area (Å²) in [5.41, 5.74) is 0.946. The third-order valence-corrected chi connectivity index (χ3v) is 4.68. The molecule has 0 saturated carbocycles. The normalized spacial score (nSPS) is 10.9. The molecule has 1 N–H and O–H groups in total. The third kappa shape index (κ3) is 4.44. The van der Waals surface area contributed by atoms with Crippen molar-refractivity contribution in [3.63, 3.8) is 0 Å². The van der Waals surface area contributed by atoms with Crippen molar-refractivity contribution in [3.8, 4) is 17.4 Å². The lowest BCUT2D eigenvalue weighted by Gasteiger charge is -2.05. The Kier molecular flexibility index (Phi) is 5.86. The van der Waals surface area contributed by atoms with Crippen molar-refractivity contribution in [1.29, 1.82) is 5.26 Å². The van der Waals surface area contributed by atoms with Crippen LogP contribution in [-0.2, 0) is 4.79 Å². The van der Waals surface area contributed by atoms with E-state index in [4.69, 9.17) is 4.42 Å². The van der Waals surface area contributed by atoms with Crippen molar-refractivity contribution >= 4 is 45.9 Å². The van der Waals surface area contributed by atoms with Crippen LogP contribution in [0.1, 0.15) is 5.76 Å². The number of benzene rings is 2. The minimum atomic E-state index is -0.556. The highest BCUT2D eigenvalue weighted by Crippen LogP contribution is 2.27. The number of non-ortho nitro benzene ring substituents is 1. The number of nitriles is 1. The molecule has 1 aromatic heterocycles. The number of nitro benzene ring substituents is 1. The molecule has 0 aliphatic rings. The van der Waals surface area contributed by atoms with Gasteiger partial charge in [-0.2, -0.15) is 5.26 Å². The van der Waals surface area contributed by atoms with E-state index in [0.717, 1.165) is 3.57 Å².